The van der Waals surface area contributed by atoms with Gasteiger partial charge in [-0.3, -0.25) is 4.79 Å². The molecule has 6 heteroatoms. The zero-order valence-corrected chi connectivity index (χ0v) is 11.5. The molecule has 0 unspecified atom stereocenters. The largest absolute Gasteiger partial charge is 0.372 e. The third kappa shape index (κ3) is 3.08. The van der Waals surface area contributed by atoms with Crippen molar-refractivity contribution in [3.63, 3.8) is 0 Å². The molecule has 2 heterocycles. The average molecular weight is 279 g/mol. The Balaban J connectivity index is 2.21. The van der Waals surface area contributed by atoms with E-state index >= 15 is 0 Å². The Hall–Kier alpha value is -1.95. The van der Waals surface area contributed by atoms with E-state index in [4.69, 9.17) is 0 Å². The SMILES string of the molecule is CNc1ncc(F)cc1C(=O)N(C)Cc1cccs1. The van der Waals surface area contributed by atoms with Gasteiger partial charge in [-0.15, -0.1) is 11.3 Å². The van der Waals surface area contributed by atoms with Gasteiger partial charge in [0.05, 0.1) is 18.3 Å². The smallest absolute Gasteiger partial charge is 0.257 e. The molecule has 1 amide bonds. The first kappa shape index (κ1) is 13.5. The van der Waals surface area contributed by atoms with Crippen LogP contribution in [0.5, 0.6) is 0 Å². The lowest BCUT2D eigenvalue weighted by molar-refractivity contribution is 0.0786. The number of nitrogens with zero attached hydrogens (tertiary/aromatic N) is 2. The average Bonchev–Trinajstić information content (AvgIpc) is 2.90. The van der Waals surface area contributed by atoms with Crippen LogP contribution < -0.4 is 5.32 Å². The van der Waals surface area contributed by atoms with Crippen molar-refractivity contribution in [2.45, 2.75) is 6.54 Å². The summed E-state index contributed by atoms with van der Waals surface area (Å²) < 4.78 is 13.2. The van der Waals surface area contributed by atoms with Crippen molar-refractivity contribution >= 4 is 23.1 Å². The van der Waals surface area contributed by atoms with Crippen LogP contribution in [0, 0.1) is 5.82 Å². The van der Waals surface area contributed by atoms with Crippen LogP contribution in [0.3, 0.4) is 0 Å². The highest BCUT2D eigenvalue weighted by Crippen LogP contribution is 2.17. The highest BCUT2D eigenvalue weighted by atomic mass is 32.1. The first-order chi connectivity index (χ1) is 9.11. The topological polar surface area (TPSA) is 45.2 Å². The molecular formula is C13H14FN3OS. The molecule has 4 nitrogen and oxygen atoms in total. The van der Waals surface area contributed by atoms with Crippen LogP contribution in [-0.4, -0.2) is 29.9 Å². The summed E-state index contributed by atoms with van der Waals surface area (Å²) in [5, 5.41) is 4.75. The molecule has 0 radical (unpaired) electrons. The molecule has 0 saturated heterocycles. The molecule has 0 aromatic carbocycles. The van der Waals surface area contributed by atoms with Gasteiger partial charge in [-0.05, 0) is 17.5 Å². The summed E-state index contributed by atoms with van der Waals surface area (Å²) in [6.07, 6.45) is 1.09. The number of hydrogen-bond acceptors (Lipinski definition) is 4. The van der Waals surface area contributed by atoms with E-state index in [0.717, 1.165) is 11.1 Å². The molecule has 1 N–H and O–H groups in total. The number of carbonyl (C=O) groups is 1. The van der Waals surface area contributed by atoms with Crippen LogP contribution in [0.15, 0.2) is 29.8 Å². The molecule has 100 valence electrons. The van der Waals surface area contributed by atoms with E-state index in [9.17, 15) is 9.18 Å². The maximum absolute atomic E-state index is 13.2. The Morgan fingerprint density at radius 2 is 2.37 bits per heavy atom. The number of hydrogen-bond donors (Lipinski definition) is 1. The Morgan fingerprint density at radius 1 is 1.58 bits per heavy atom. The Bertz CT molecular complexity index is 571. The first-order valence-electron chi connectivity index (χ1n) is 5.73. The van der Waals surface area contributed by atoms with E-state index in [2.05, 4.69) is 10.3 Å². The van der Waals surface area contributed by atoms with Crippen LogP contribution in [0.4, 0.5) is 10.2 Å². The third-order valence-corrected chi connectivity index (χ3v) is 3.50. The molecule has 2 aromatic heterocycles. The Kier molecular flexibility index (Phi) is 4.11. The fourth-order valence-electron chi connectivity index (χ4n) is 1.72. The first-order valence-corrected chi connectivity index (χ1v) is 6.61. The van der Waals surface area contributed by atoms with Gasteiger partial charge in [0.25, 0.3) is 5.91 Å². The summed E-state index contributed by atoms with van der Waals surface area (Å²) in [5.74, 6) is -0.402. The van der Waals surface area contributed by atoms with E-state index in [1.807, 2.05) is 17.5 Å². The molecular weight excluding hydrogens is 265 g/mol. The van der Waals surface area contributed by atoms with Crippen LogP contribution >= 0.6 is 11.3 Å². The van der Waals surface area contributed by atoms with Crippen molar-refractivity contribution in [2.24, 2.45) is 0 Å². The van der Waals surface area contributed by atoms with Gasteiger partial charge in [0.1, 0.15) is 11.6 Å². The molecule has 0 aliphatic carbocycles. The molecule has 0 aliphatic rings. The van der Waals surface area contributed by atoms with Gasteiger partial charge < -0.3 is 10.2 Å². The fraction of sp³-hybridized carbons (Fsp3) is 0.231. The van der Waals surface area contributed by atoms with Gasteiger partial charge in [-0.25, -0.2) is 9.37 Å². The van der Waals surface area contributed by atoms with Crippen LogP contribution in [0.25, 0.3) is 0 Å². The zero-order chi connectivity index (χ0) is 13.8. The minimum absolute atomic E-state index is 0.238. The fourth-order valence-corrected chi connectivity index (χ4v) is 2.47. The zero-order valence-electron chi connectivity index (χ0n) is 10.7. The van der Waals surface area contributed by atoms with Gasteiger partial charge >= 0.3 is 0 Å². The number of nitrogens with one attached hydrogen (secondary N) is 1. The van der Waals surface area contributed by atoms with E-state index < -0.39 is 5.82 Å². The van der Waals surface area contributed by atoms with Crippen molar-refractivity contribution < 1.29 is 9.18 Å². The van der Waals surface area contributed by atoms with Crippen molar-refractivity contribution in [2.75, 3.05) is 19.4 Å². The van der Waals surface area contributed by atoms with Gasteiger partial charge in [-0.2, -0.15) is 0 Å². The van der Waals surface area contributed by atoms with E-state index in [1.165, 1.54) is 6.07 Å². The monoisotopic (exact) mass is 279 g/mol. The van der Waals surface area contributed by atoms with Crippen molar-refractivity contribution in [3.05, 3.63) is 46.0 Å². The second-order valence-corrected chi connectivity index (χ2v) is 5.07. The molecule has 0 spiro atoms. The van der Waals surface area contributed by atoms with Crippen molar-refractivity contribution in [3.8, 4) is 0 Å². The molecule has 0 atom stereocenters. The molecule has 0 fully saturated rings. The van der Waals surface area contributed by atoms with Crippen LogP contribution in [0.1, 0.15) is 15.2 Å². The molecule has 0 aliphatic heterocycles. The Labute approximate surface area is 114 Å². The predicted octanol–water partition coefficient (Wildman–Crippen LogP) is 2.60. The second kappa shape index (κ2) is 5.79. The number of halogens is 1. The third-order valence-electron chi connectivity index (χ3n) is 2.64. The molecule has 2 aromatic rings. The lowest BCUT2D eigenvalue weighted by Gasteiger charge is -2.17. The normalized spacial score (nSPS) is 10.3. The van der Waals surface area contributed by atoms with Gasteiger partial charge in [0, 0.05) is 19.0 Å². The summed E-state index contributed by atoms with van der Waals surface area (Å²) in [5.41, 5.74) is 0.238. The second-order valence-electron chi connectivity index (χ2n) is 4.04. The lowest BCUT2D eigenvalue weighted by Crippen LogP contribution is -2.27. The molecule has 0 bridgehead atoms. The highest BCUT2D eigenvalue weighted by molar-refractivity contribution is 7.09. The number of carbonyl (C=O) groups excluding carboxylic acids is 1. The summed E-state index contributed by atoms with van der Waals surface area (Å²) in [6.45, 7) is 0.496. The maximum Gasteiger partial charge on any atom is 0.257 e. The predicted molar refractivity (Wildman–Crippen MR) is 73.9 cm³/mol. The number of pyridine rings is 1. The van der Waals surface area contributed by atoms with E-state index in [0.29, 0.717) is 12.4 Å². The summed E-state index contributed by atoms with van der Waals surface area (Å²) in [7, 11) is 3.34. The van der Waals surface area contributed by atoms with Gasteiger partial charge in [0.2, 0.25) is 0 Å². The quantitative estimate of drug-likeness (QED) is 0.935. The minimum Gasteiger partial charge on any atom is -0.372 e. The number of aromatic nitrogens is 1. The Morgan fingerprint density at radius 3 is 3.00 bits per heavy atom. The maximum atomic E-state index is 13.2. The van der Waals surface area contributed by atoms with Crippen molar-refractivity contribution in [1.29, 1.82) is 0 Å². The summed E-state index contributed by atoms with van der Waals surface area (Å²) >= 11 is 1.58. The van der Waals surface area contributed by atoms with Gasteiger partial charge in [-0.1, -0.05) is 6.07 Å². The van der Waals surface area contributed by atoms with E-state index in [1.54, 1.807) is 30.3 Å². The van der Waals surface area contributed by atoms with Crippen molar-refractivity contribution in [1.82, 2.24) is 9.88 Å². The standard InChI is InChI=1S/C13H14FN3OS/c1-15-12-11(6-9(14)7-16-12)13(18)17(2)8-10-4-3-5-19-10/h3-7H,8H2,1-2H3,(H,15,16). The molecule has 2 rings (SSSR count). The summed E-state index contributed by atoms with van der Waals surface area (Å²) in [6, 6.07) is 5.09. The number of amides is 1. The lowest BCUT2D eigenvalue weighted by atomic mass is 10.2. The number of rotatable bonds is 4. The minimum atomic E-state index is -0.521. The number of thiophene rings is 1. The number of anilines is 1. The molecule has 0 saturated carbocycles. The van der Waals surface area contributed by atoms with Crippen LogP contribution in [-0.2, 0) is 6.54 Å². The van der Waals surface area contributed by atoms with E-state index in [-0.39, 0.29) is 11.5 Å². The highest BCUT2D eigenvalue weighted by Gasteiger charge is 2.17. The summed E-state index contributed by atoms with van der Waals surface area (Å²) in [4.78, 5) is 18.8. The van der Waals surface area contributed by atoms with Crippen LogP contribution in [0.2, 0.25) is 0 Å². The molecule has 19 heavy (non-hydrogen) atoms. The van der Waals surface area contributed by atoms with Gasteiger partial charge in [0.15, 0.2) is 0 Å².